The Morgan fingerprint density at radius 3 is 3.19 bits per heavy atom. The minimum Gasteiger partial charge on any atom is -0.398 e. The number of hydrogen-bond acceptors (Lipinski definition) is 4. The second kappa shape index (κ2) is 3.38. The zero-order valence-corrected chi connectivity index (χ0v) is 8.86. The summed E-state index contributed by atoms with van der Waals surface area (Å²) in [4.78, 5) is 14.1. The summed E-state index contributed by atoms with van der Waals surface area (Å²) in [5, 5.41) is 6.22. The number of carbonyl (C=O) groups excluding carboxylic acids is 1. The Hall–Kier alpha value is -1.75. The first-order chi connectivity index (χ1) is 7.77. The van der Waals surface area contributed by atoms with Crippen molar-refractivity contribution < 1.29 is 4.79 Å². The van der Waals surface area contributed by atoms with Gasteiger partial charge >= 0.3 is 0 Å². The first kappa shape index (κ1) is 9.47. The van der Waals surface area contributed by atoms with E-state index in [0.29, 0.717) is 11.3 Å². The summed E-state index contributed by atoms with van der Waals surface area (Å²) >= 11 is 0. The van der Waals surface area contributed by atoms with E-state index in [1.807, 2.05) is 12.1 Å². The molecule has 0 saturated carbocycles. The van der Waals surface area contributed by atoms with Gasteiger partial charge in [0.15, 0.2) is 0 Å². The predicted octanol–water partition coefficient (Wildman–Crippen LogP) is -0.252. The van der Waals surface area contributed by atoms with E-state index in [0.717, 1.165) is 25.3 Å². The molecule has 3 rings (SSSR count). The summed E-state index contributed by atoms with van der Waals surface area (Å²) < 4.78 is 0. The maximum Gasteiger partial charge on any atom is 0.257 e. The largest absolute Gasteiger partial charge is 0.398 e. The van der Waals surface area contributed by atoms with Crippen molar-refractivity contribution in [2.24, 2.45) is 0 Å². The predicted molar refractivity (Wildman–Crippen MR) is 62.3 cm³/mol. The first-order valence-corrected chi connectivity index (χ1v) is 5.44. The van der Waals surface area contributed by atoms with E-state index in [1.54, 1.807) is 6.07 Å². The minimum atomic E-state index is -0.0713. The van der Waals surface area contributed by atoms with Crippen molar-refractivity contribution in [3.8, 4) is 0 Å². The van der Waals surface area contributed by atoms with Crippen LogP contribution in [0.5, 0.6) is 0 Å². The highest BCUT2D eigenvalue weighted by atomic mass is 16.2. The van der Waals surface area contributed by atoms with Gasteiger partial charge in [0, 0.05) is 25.3 Å². The highest BCUT2D eigenvalue weighted by molar-refractivity contribution is 6.06. The van der Waals surface area contributed by atoms with E-state index >= 15 is 0 Å². The molecule has 0 spiro atoms. The van der Waals surface area contributed by atoms with Crippen LogP contribution in [0.15, 0.2) is 18.2 Å². The molecule has 1 saturated heterocycles. The molecule has 0 aromatic heterocycles. The number of carbonyl (C=O) groups is 1. The third kappa shape index (κ3) is 1.25. The number of nitrogens with two attached hydrogens (primary N) is 1. The van der Waals surface area contributed by atoms with E-state index in [1.165, 1.54) is 0 Å². The van der Waals surface area contributed by atoms with Crippen LogP contribution >= 0.6 is 0 Å². The fourth-order valence-corrected chi connectivity index (χ4v) is 2.39. The lowest BCUT2D eigenvalue weighted by Crippen LogP contribution is -2.62. The van der Waals surface area contributed by atoms with Crippen LogP contribution in [-0.4, -0.2) is 31.7 Å². The van der Waals surface area contributed by atoms with Gasteiger partial charge in [0.1, 0.15) is 6.17 Å². The molecule has 1 aromatic rings. The number of hydrogen-bond donors (Lipinski definition) is 3. The molecule has 0 unspecified atom stereocenters. The fraction of sp³-hybridized carbons (Fsp3) is 0.364. The van der Waals surface area contributed by atoms with Crippen LogP contribution in [0, 0.1) is 0 Å². The smallest absolute Gasteiger partial charge is 0.257 e. The van der Waals surface area contributed by atoms with Gasteiger partial charge in [-0.15, -0.1) is 0 Å². The van der Waals surface area contributed by atoms with E-state index in [9.17, 15) is 4.79 Å². The monoisotopic (exact) mass is 218 g/mol. The van der Waals surface area contributed by atoms with Crippen molar-refractivity contribution in [1.82, 2.24) is 10.6 Å². The summed E-state index contributed by atoms with van der Waals surface area (Å²) in [5.41, 5.74) is 7.96. The summed E-state index contributed by atoms with van der Waals surface area (Å²) in [5.74, 6) is -0.0713. The average molecular weight is 218 g/mol. The van der Waals surface area contributed by atoms with Crippen molar-refractivity contribution in [2.75, 3.05) is 30.3 Å². The lowest BCUT2D eigenvalue weighted by atomic mass is 10.0. The van der Waals surface area contributed by atoms with Crippen molar-refractivity contribution in [3.05, 3.63) is 23.8 Å². The van der Waals surface area contributed by atoms with E-state index in [4.69, 9.17) is 5.73 Å². The van der Waals surface area contributed by atoms with Gasteiger partial charge in [-0.05, 0) is 12.1 Å². The van der Waals surface area contributed by atoms with Crippen LogP contribution in [-0.2, 0) is 0 Å². The lowest BCUT2D eigenvalue weighted by Gasteiger charge is -2.42. The molecule has 2 aliphatic heterocycles. The molecule has 1 fully saturated rings. The SMILES string of the molecule is Nc1cccc2c1C(=O)N[C@H]1CNCCN21. The summed E-state index contributed by atoms with van der Waals surface area (Å²) in [6.07, 6.45) is 0.0514. The molecule has 2 aliphatic rings. The summed E-state index contributed by atoms with van der Waals surface area (Å²) in [6.45, 7) is 2.60. The van der Waals surface area contributed by atoms with Crippen molar-refractivity contribution in [2.45, 2.75) is 6.17 Å². The summed E-state index contributed by atoms with van der Waals surface area (Å²) in [6, 6.07) is 5.62. The third-order valence-corrected chi connectivity index (χ3v) is 3.15. The molecule has 2 heterocycles. The second-order valence-electron chi connectivity index (χ2n) is 4.13. The number of piperazine rings is 1. The number of benzene rings is 1. The third-order valence-electron chi connectivity index (χ3n) is 3.15. The summed E-state index contributed by atoms with van der Waals surface area (Å²) in [7, 11) is 0. The van der Waals surface area contributed by atoms with Crippen LogP contribution in [0.3, 0.4) is 0 Å². The molecule has 0 bridgehead atoms. The highest BCUT2D eigenvalue weighted by Gasteiger charge is 2.33. The normalized spacial score (nSPS) is 23.4. The molecule has 5 nitrogen and oxygen atoms in total. The molecule has 0 radical (unpaired) electrons. The molecule has 0 aliphatic carbocycles. The maximum absolute atomic E-state index is 11.9. The molecule has 4 N–H and O–H groups in total. The van der Waals surface area contributed by atoms with Gasteiger partial charge in [-0.25, -0.2) is 0 Å². The standard InChI is InChI=1S/C11H14N4O/c12-7-2-1-3-8-10(7)11(16)14-9-6-13-4-5-15(8)9/h1-3,9,13H,4-6,12H2,(H,14,16)/t9-/m1/s1. The van der Waals surface area contributed by atoms with Crippen LogP contribution < -0.4 is 21.3 Å². The van der Waals surface area contributed by atoms with Gasteiger partial charge in [0.2, 0.25) is 0 Å². The van der Waals surface area contributed by atoms with Crippen molar-refractivity contribution >= 4 is 17.3 Å². The molecular weight excluding hydrogens is 204 g/mol. The first-order valence-electron chi connectivity index (χ1n) is 5.44. The van der Waals surface area contributed by atoms with Gasteiger partial charge in [-0.2, -0.15) is 0 Å². The van der Waals surface area contributed by atoms with Gasteiger partial charge in [0.25, 0.3) is 5.91 Å². The van der Waals surface area contributed by atoms with Crippen molar-refractivity contribution in [3.63, 3.8) is 0 Å². The number of nitrogens with one attached hydrogen (secondary N) is 2. The van der Waals surface area contributed by atoms with Gasteiger partial charge in [-0.3, -0.25) is 4.79 Å². The maximum atomic E-state index is 11.9. The molecule has 1 aromatic carbocycles. The number of amides is 1. The Kier molecular flexibility index (Phi) is 2.00. The number of anilines is 2. The molecule has 84 valence electrons. The number of nitrogen functional groups attached to an aromatic ring is 1. The quantitative estimate of drug-likeness (QED) is 0.525. The van der Waals surface area contributed by atoms with E-state index in [2.05, 4.69) is 15.5 Å². The Bertz CT molecular complexity index is 446. The minimum absolute atomic E-state index is 0.0514. The molecule has 1 atom stereocenters. The lowest BCUT2D eigenvalue weighted by molar-refractivity contribution is 0.0924. The van der Waals surface area contributed by atoms with Crippen LogP contribution in [0.4, 0.5) is 11.4 Å². The van der Waals surface area contributed by atoms with Gasteiger partial charge < -0.3 is 21.3 Å². The zero-order chi connectivity index (χ0) is 11.1. The Labute approximate surface area is 93.6 Å². The van der Waals surface area contributed by atoms with Gasteiger partial charge in [0.05, 0.1) is 11.3 Å². The van der Waals surface area contributed by atoms with Crippen LogP contribution in [0.25, 0.3) is 0 Å². The van der Waals surface area contributed by atoms with Crippen molar-refractivity contribution in [1.29, 1.82) is 0 Å². The van der Waals surface area contributed by atoms with Crippen LogP contribution in [0.2, 0.25) is 0 Å². The van der Waals surface area contributed by atoms with E-state index in [-0.39, 0.29) is 12.1 Å². The fourth-order valence-electron chi connectivity index (χ4n) is 2.39. The topological polar surface area (TPSA) is 70.4 Å². The number of rotatable bonds is 0. The van der Waals surface area contributed by atoms with Crippen LogP contribution in [0.1, 0.15) is 10.4 Å². The Balaban J connectivity index is 2.11. The highest BCUT2D eigenvalue weighted by Crippen LogP contribution is 2.30. The molecule has 16 heavy (non-hydrogen) atoms. The average Bonchev–Trinajstić information content (AvgIpc) is 2.29. The second-order valence-corrected chi connectivity index (χ2v) is 4.13. The molecule has 5 heteroatoms. The zero-order valence-electron chi connectivity index (χ0n) is 8.86. The number of fused-ring (bicyclic) bond motifs is 3. The van der Waals surface area contributed by atoms with E-state index < -0.39 is 0 Å². The molecule has 1 amide bonds. The molecular formula is C11H14N4O. The van der Waals surface area contributed by atoms with Gasteiger partial charge in [-0.1, -0.05) is 6.07 Å². The Morgan fingerprint density at radius 1 is 1.44 bits per heavy atom. The Morgan fingerprint density at radius 2 is 2.31 bits per heavy atom. The number of nitrogens with zero attached hydrogens (tertiary/aromatic N) is 1.